The molecule has 2 aromatic heterocycles. The fourth-order valence-corrected chi connectivity index (χ4v) is 3.14. The van der Waals surface area contributed by atoms with Crippen LogP contribution in [0.15, 0.2) is 24.5 Å². The van der Waals surface area contributed by atoms with Crippen LogP contribution in [0.3, 0.4) is 0 Å². The Labute approximate surface area is 124 Å². The number of nitrogens with zero attached hydrogens (tertiary/aromatic N) is 2. The Hall–Kier alpha value is -1.88. The van der Waals surface area contributed by atoms with E-state index < -0.39 is 0 Å². The van der Waals surface area contributed by atoms with Crippen LogP contribution in [0.1, 0.15) is 36.3 Å². The summed E-state index contributed by atoms with van der Waals surface area (Å²) in [6.45, 7) is 7.01. The van der Waals surface area contributed by atoms with Gasteiger partial charge >= 0.3 is 0 Å². The Bertz CT molecular complexity index is 689. The molecule has 112 valence electrons. The molecule has 5 nitrogen and oxygen atoms in total. The second kappa shape index (κ2) is 4.84. The predicted molar refractivity (Wildman–Crippen MR) is 82.1 cm³/mol. The summed E-state index contributed by atoms with van der Waals surface area (Å²) in [5.74, 6) is 0.410. The molecule has 1 fully saturated rings. The highest BCUT2D eigenvalue weighted by molar-refractivity contribution is 5.93. The van der Waals surface area contributed by atoms with E-state index in [1.165, 1.54) is 0 Å². The van der Waals surface area contributed by atoms with E-state index in [0.29, 0.717) is 18.2 Å². The number of carbonyl (C=O) groups is 1. The lowest BCUT2D eigenvalue weighted by Crippen LogP contribution is -2.60. The zero-order chi connectivity index (χ0) is 15.2. The van der Waals surface area contributed by atoms with E-state index in [1.54, 1.807) is 6.20 Å². The van der Waals surface area contributed by atoms with Crippen LogP contribution in [0, 0.1) is 18.3 Å². The molecule has 3 N–H and O–H groups in total. The lowest BCUT2D eigenvalue weighted by Gasteiger charge is -2.52. The van der Waals surface area contributed by atoms with E-state index in [2.05, 4.69) is 24.1 Å². The van der Waals surface area contributed by atoms with Gasteiger partial charge in [0.2, 0.25) is 0 Å². The molecule has 1 saturated carbocycles. The number of pyridine rings is 1. The van der Waals surface area contributed by atoms with Gasteiger partial charge in [-0.3, -0.25) is 9.20 Å². The Kier molecular flexibility index (Phi) is 3.24. The Balaban J connectivity index is 1.79. The first kappa shape index (κ1) is 14.1. The molecule has 2 heterocycles. The molecule has 2 aromatic rings. The maximum absolute atomic E-state index is 12.5. The summed E-state index contributed by atoms with van der Waals surface area (Å²) in [6, 6.07) is 4.12. The van der Waals surface area contributed by atoms with Gasteiger partial charge in [-0.2, -0.15) is 0 Å². The van der Waals surface area contributed by atoms with Crippen LogP contribution in [-0.4, -0.2) is 27.9 Å². The summed E-state index contributed by atoms with van der Waals surface area (Å²) < 4.78 is 1.83. The maximum atomic E-state index is 12.5. The number of nitrogens with two attached hydrogens (primary N) is 1. The lowest BCUT2D eigenvalue weighted by atomic mass is 9.58. The van der Waals surface area contributed by atoms with Gasteiger partial charge in [-0.15, -0.1) is 0 Å². The van der Waals surface area contributed by atoms with E-state index in [0.717, 1.165) is 17.6 Å². The smallest absolute Gasteiger partial charge is 0.270 e. The van der Waals surface area contributed by atoms with Crippen molar-refractivity contribution in [3.8, 4) is 0 Å². The highest BCUT2D eigenvalue weighted by atomic mass is 16.2. The highest BCUT2D eigenvalue weighted by Crippen LogP contribution is 2.45. The number of aromatic nitrogens is 2. The second-order valence-corrected chi connectivity index (χ2v) is 6.59. The van der Waals surface area contributed by atoms with Crippen molar-refractivity contribution in [1.82, 2.24) is 14.7 Å². The van der Waals surface area contributed by atoms with Crippen molar-refractivity contribution < 1.29 is 4.79 Å². The van der Waals surface area contributed by atoms with Crippen molar-refractivity contribution in [2.75, 3.05) is 6.54 Å². The minimum atomic E-state index is -0.0695. The molecule has 1 aliphatic rings. The molecule has 21 heavy (non-hydrogen) atoms. The van der Waals surface area contributed by atoms with Crippen molar-refractivity contribution in [2.45, 2.75) is 33.2 Å². The summed E-state index contributed by atoms with van der Waals surface area (Å²) >= 11 is 0. The summed E-state index contributed by atoms with van der Waals surface area (Å²) in [5.41, 5.74) is 8.33. The second-order valence-electron chi connectivity index (χ2n) is 6.59. The molecule has 1 aliphatic carbocycles. The van der Waals surface area contributed by atoms with E-state index in [9.17, 15) is 4.79 Å². The summed E-state index contributed by atoms with van der Waals surface area (Å²) in [5, 5.41) is 3.12. The molecule has 0 radical (unpaired) electrons. The van der Waals surface area contributed by atoms with Crippen LogP contribution in [0.2, 0.25) is 0 Å². The van der Waals surface area contributed by atoms with Gasteiger partial charge in [0.1, 0.15) is 11.3 Å². The maximum Gasteiger partial charge on any atom is 0.270 e. The van der Waals surface area contributed by atoms with Gasteiger partial charge in [-0.25, -0.2) is 4.98 Å². The highest BCUT2D eigenvalue weighted by Gasteiger charge is 2.47. The first-order chi connectivity index (χ1) is 9.93. The van der Waals surface area contributed by atoms with Gasteiger partial charge in [0.25, 0.3) is 5.91 Å². The monoisotopic (exact) mass is 286 g/mol. The molecule has 1 amide bonds. The van der Waals surface area contributed by atoms with Gasteiger partial charge in [0.15, 0.2) is 0 Å². The number of rotatable bonds is 3. The summed E-state index contributed by atoms with van der Waals surface area (Å²) in [4.78, 5) is 16.8. The van der Waals surface area contributed by atoms with Crippen LogP contribution in [-0.2, 0) is 0 Å². The Morgan fingerprint density at radius 3 is 3.00 bits per heavy atom. The van der Waals surface area contributed by atoms with Crippen molar-refractivity contribution in [3.05, 3.63) is 35.8 Å². The average molecular weight is 286 g/mol. The topological polar surface area (TPSA) is 72.4 Å². The van der Waals surface area contributed by atoms with Crippen LogP contribution in [0.5, 0.6) is 0 Å². The zero-order valence-electron chi connectivity index (χ0n) is 12.8. The molecular weight excluding hydrogens is 264 g/mol. The van der Waals surface area contributed by atoms with Gasteiger partial charge in [0.05, 0.1) is 6.20 Å². The summed E-state index contributed by atoms with van der Waals surface area (Å²) in [6.07, 6.45) is 4.47. The van der Waals surface area contributed by atoms with E-state index in [-0.39, 0.29) is 17.4 Å². The summed E-state index contributed by atoms with van der Waals surface area (Å²) in [7, 11) is 0. The first-order valence-electron chi connectivity index (χ1n) is 7.38. The first-order valence-corrected chi connectivity index (χ1v) is 7.38. The normalized spacial score (nSPS) is 23.8. The molecule has 2 unspecified atom stereocenters. The minimum absolute atomic E-state index is 0.0570. The van der Waals surface area contributed by atoms with E-state index in [4.69, 9.17) is 5.73 Å². The third-order valence-corrected chi connectivity index (χ3v) is 4.96. The van der Waals surface area contributed by atoms with Crippen LogP contribution in [0.25, 0.3) is 5.65 Å². The Morgan fingerprint density at radius 2 is 2.33 bits per heavy atom. The predicted octanol–water partition coefficient (Wildman–Crippen LogP) is 1.75. The lowest BCUT2D eigenvalue weighted by molar-refractivity contribution is 0.0198. The van der Waals surface area contributed by atoms with E-state index >= 15 is 0 Å². The van der Waals surface area contributed by atoms with Gasteiger partial charge in [-0.05, 0) is 48.9 Å². The van der Waals surface area contributed by atoms with Crippen molar-refractivity contribution in [2.24, 2.45) is 17.1 Å². The fraction of sp³-hybridized carbons (Fsp3) is 0.500. The number of hydrogen-bond donors (Lipinski definition) is 2. The van der Waals surface area contributed by atoms with Crippen LogP contribution >= 0.6 is 0 Å². The number of aryl methyl sites for hydroxylation is 1. The average Bonchev–Trinajstić information content (AvgIpc) is 2.85. The van der Waals surface area contributed by atoms with Gasteiger partial charge < -0.3 is 11.1 Å². The van der Waals surface area contributed by atoms with E-state index in [1.807, 2.05) is 29.7 Å². The number of hydrogen-bond acceptors (Lipinski definition) is 3. The zero-order valence-corrected chi connectivity index (χ0v) is 12.8. The number of fused-ring (bicyclic) bond motifs is 1. The Morgan fingerprint density at radius 1 is 1.57 bits per heavy atom. The van der Waals surface area contributed by atoms with Gasteiger partial charge in [-0.1, -0.05) is 13.8 Å². The number of carbonyl (C=O) groups excluding carboxylic acids is 1. The molecule has 5 heteroatoms. The number of nitrogens with one attached hydrogen (secondary N) is 1. The van der Waals surface area contributed by atoms with Crippen LogP contribution < -0.4 is 11.1 Å². The third kappa shape index (κ3) is 2.21. The quantitative estimate of drug-likeness (QED) is 0.903. The molecule has 3 rings (SSSR count). The fourth-order valence-electron chi connectivity index (χ4n) is 3.14. The largest absolute Gasteiger partial charge is 0.347 e. The molecule has 0 aromatic carbocycles. The third-order valence-electron chi connectivity index (χ3n) is 4.96. The molecule has 0 aliphatic heterocycles. The molecular formula is C16H22N4O. The standard InChI is InChI=1S/C16H22N4O/c1-10-4-5-20-12(9-18-14(20)6-10)15(21)19-13-7-11(8-17)16(13,2)3/h4-6,9,11,13H,7-8,17H2,1-3H3,(H,19,21). The van der Waals surface area contributed by atoms with Crippen LogP contribution in [0.4, 0.5) is 0 Å². The molecule has 0 saturated heterocycles. The van der Waals surface area contributed by atoms with Gasteiger partial charge in [0, 0.05) is 12.2 Å². The van der Waals surface area contributed by atoms with Crippen molar-refractivity contribution in [3.63, 3.8) is 0 Å². The molecule has 2 atom stereocenters. The van der Waals surface area contributed by atoms with Crippen molar-refractivity contribution >= 4 is 11.6 Å². The number of amides is 1. The SMILES string of the molecule is Cc1ccn2c(C(=O)NC3CC(CN)C3(C)C)cnc2c1. The number of imidazole rings is 1. The molecule has 0 spiro atoms. The minimum Gasteiger partial charge on any atom is -0.347 e. The van der Waals surface area contributed by atoms with Crippen molar-refractivity contribution in [1.29, 1.82) is 0 Å². The molecule has 0 bridgehead atoms.